The van der Waals surface area contributed by atoms with Gasteiger partial charge in [0.2, 0.25) is 5.91 Å². The van der Waals surface area contributed by atoms with Crippen LogP contribution >= 0.6 is 0 Å². The van der Waals surface area contributed by atoms with E-state index in [-0.39, 0.29) is 12.3 Å². The number of anilines is 2. The molecule has 1 N–H and O–H groups in total. The lowest BCUT2D eigenvalue weighted by molar-refractivity contribution is -0.116. The summed E-state index contributed by atoms with van der Waals surface area (Å²) < 4.78 is 5.53. The fraction of sp³-hybridized carbons (Fsp3) is 0.368. The number of rotatable bonds is 6. The first-order valence-electron chi connectivity index (χ1n) is 8.58. The monoisotopic (exact) mass is 340 g/mol. The number of benzene rings is 1. The van der Waals surface area contributed by atoms with Crippen molar-refractivity contribution in [2.75, 3.05) is 50.1 Å². The second-order valence-corrected chi connectivity index (χ2v) is 6.15. The van der Waals surface area contributed by atoms with Crippen molar-refractivity contribution in [3.8, 4) is 5.75 Å². The standard InChI is InChI=1S/C19H24N4O2/c1-22-10-12-23(13-11-22)16-7-8-18(20-15-16)21-19(24)9-14-25-17-5-3-2-4-6-17/h2-8,15H,9-14H2,1H3,(H,20,21,24). The predicted octanol–water partition coefficient (Wildman–Crippen LogP) is 2.24. The van der Waals surface area contributed by atoms with Crippen LogP contribution in [-0.2, 0) is 4.79 Å². The quantitative estimate of drug-likeness (QED) is 0.874. The Kier molecular flexibility index (Phi) is 5.85. The molecule has 1 aliphatic heterocycles. The highest BCUT2D eigenvalue weighted by atomic mass is 16.5. The number of piperazine rings is 1. The number of likely N-dealkylation sites (N-methyl/N-ethyl adjacent to an activating group) is 1. The lowest BCUT2D eigenvalue weighted by atomic mass is 10.3. The molecule has 0 radical (unpaired) electrons. The van der Waals surface area contributed by atoms with Crippen molar-refractivity contribution in [3.05, 3.63) is 48.7 Å². The van der Waals surface area contributed by atoms with E-state index in [0.29, 0.717) is 12.4 Å². The van der Waals surface area contributed by atoms with Crippen LogP contribution in [0, 0.1) is 0 Å². The Morgan fingerprint density at radius 3 is 2.56 bits per heavy atom. The van der Waals surface area contributed by atoms with Gasteiger partial charge in [-0.1, -0.05) is 18.2 Å². The number of carbonyl (C=O) groups excluding carboxylic acids is 1. The first kappa shape index (κ1) is 17.2. The van der Waals surface area contributed by atoms with Gasteiger partial charge in [-0.2, -0.15) is 0 Å². The highest BCUT2D eigenvalue weighted by Crippen LogP contribution is 2.17. The van der Waals surface area contributed by atoms with E-state index >= 15 is 0 Å². The lowest BCUT2D eigenvalue weighted by Gasteiger charge is -2.33. The summed E-state index contributed by atoms with van der Waals surface area (Å²) in [6, 6.07) is 13.3. The summed E-state index contributed by atoms with van der Waals surface area (Å²) >= 11 is 0. The molecule has 6 nitrogen and oxygen atoms in total. The average Bonchev–Trinajstić information content (AvgIpc) is 2.64. The normalized spacial score (nSPS) is 15.0. The van der Waals surface area contributed by atoms with E-state index in [9.17, 15) is 4.79 Å². The molecule has 0 atom stereocenters. The zero-order valence-corrected chi connectivity index (χ0v) is 14.5. The topological polar surface area (TPSA) is 57.7 Å². The Morgan fingerprint density at radius 1 is 1.12 bits per heavy atom. The van der Waals surface area contributed by atoms with Crippen molar-refractivity contribution in [1.29, 1.82) is 0 Å². The summed E-state index contributed by atoms with van der Waals surface area (Å²) in [6.45, 7) is 4.45. The molecule has 1 amide bonds. The lowest BCUT2D eigenvalue weighted by Crippen LogP contribution is -2.44. The summed E-state index contributed by atoms with van der Waals surface area (Å²) in [4.78, 5) is 21.0. The molecule has 1 saturated heterocycles. The van der Waals surface area contributed by atoms with Crippen LogP contribution in [0.15, 0.2) is 48.7 Å². The first-order valence-corrected chi connectivity index (χ1v) is 8.58. The second kappa shape index (κ2) is 8.48. The minimum absolute atomic E-state index is 0.101. The van der Waals surface area contributed by atoms with Crippen LogP contribution in [0.25, 0.3) is 0 Å². The Hall–Kier alpha value is -2.60. The van der Waals surface area contributed by atoms with Gasteiger partial charge >= 0.3 is 0 Å². The number of ether oxygens (including phenoxy) is 1. The Balaban J connectivity index is 1.44. The molecule has 0 spiro atoms. The number of nitrogens with zero attached hydrogens (tertiary/aromatic N) is 3. The van der Waals surface area contributed by atoms with Crippen LogP contribution in [0.5, 0.6) is 5.75 Å². The number of hydrogen-bond acceptors (Lipinski definition) is 5. The Morgan fingerprint density at radius 2 is 1.88 bits per heavy atom. The van der Waals surface area contributed by atoms with E-state index in [4.69, 9.17) is 4.74 Å². The maximum atomic E-state index is 12.0. The van der Waals surface area contributed by atoms with Gasteiger partial charge in [-0.25, -0.2) is 4.98 Å². The smallest absolute Gasteiger partial charge is 0.228 e. The van der Waals surface area contributed by atoms with Crippen molar-refractivity contribution in [2.24, 2.45) is 0 Å². The van der Waals surface area contributed by atoms with Crippen LogP contribution in [0.1, 0.15) is 6.42 Å². The fourth-order valence-corrected chi connectivity index (χ4v) is 2.70. The maximum absolute atomic E-state index is 12.0. The minimum atomic E-state index is -0.101. The van der Waals surface area contributed by atoms with E-state index < -0.39 is 0 Å². The van der Waals surface area contributed by atoms with E-state index in [0.717, 1.165) is 37.6 Å². The highest BCUT2D eigenvalue weighted by Gasteiger charge is 2.14. The first-order chi connectivity index (χ1) is 12.2. The highest BCUT2D eigenvalue weighted by molar-refractivity contribution is 5.89. The maximum Gasteiger partial charge on any atom is 0.228 e. The number of hydrogen-bond donors (Lipinski definition) is 1. The summed E-state index contributed by atoms with van der Waals surface area (Å²) in [6.07, 6.45) is 2.11. The van der Waals surface area contributed by atoms with Crippen LogP contribution < -0.4 is 15.0 Å². The molecule has 2 heterocycles. The van der Waals surface area contributed by atoms with Gasteiger partial charge in [0, 0.05) is 26.2 Å². The number of aromatic nitrogens is 1. The van der Waals surface area contributed by atoms with E-state index in [1.54, 1.807) is 0 Å². The van der Waals surface area contributed by atoms with Gasteiger partial charge in [-0.3, -0.25) is 4.79 Å². The molecule has 6 heteroatoms. The van der Waals surface area contributed by atoms with Crippen molar-refractivity contribution < 1.29 is 9.53 Å². The zero-order chi connectivity index (χ0) is 17.5. The minimum Gasteiger partial charge on any atom is -0.493 e. The predicted molar refractivity (Wildman–Crippen MR) is 99.1 cm³/mol. The largest absolute Gasteiger partial charge is 0.493 e. The third-order valence-corrected chi connectivity index (χ3v) is 4.22. The fourth-order valence-electron chi connectivity index (χ4n) is 2.70. The molecule has 1 aromatic heterocycles. The van der Waals surface area contributed by atoms with Crippen molar-refractivity contribution in [3.63, 3.8) is 0 Å². The SMILES string of the molecule is CN1CCN(c2ccc(NC(=O)CCOc3ccccc3)nc2)CC1. The molecular weight excluding hydrogens is 316 g/mol. The Bertz CT molecular complexity index is 668. The zero-order valence-electron chi connectivity index (χ0n) is 14.5. The third-order valence-electron chi connectivity index (χ3n) is 4.22. The van der Waals surface area contributed by atoms with Crippen LogP contribution in [0.4, 0.5) is 11.5 Å². The van der Waals surface area contributed by atoms with Gasteiger partial charge in [-0.15, -0.1) is 0 Å². The Labute approximate surface area is 148 Å². The molecule has 1 aliphatic rings. The van der Waals surface area contributed by atoms with E-state index in [1.807, 2.05) is 48.7 Å². The van der Waals surface area contributed by atoms with Crippen LogP contribution in [0.2, 0.25) is 0 Å². The molecular formula is C19H24N4O2. The van der Waals surface area contributed by atoms with Gasteiger partial charge in [0.15, 0.2) is 0 Å². The summed E-state index contributed by atoms with van der Waals surface area (Å²) in [7, 11) is 2.13. The number of amides is 1. The van der Waals surface area contributed by atoms with Crippen molar-refractivity contribution in [1.82, 2.24) is 9.88 Å². The molecule has 0 saturated carbocycles. The number of pyridine rings is 1. The van der Waals surface area contributed by atoms with Crippen LogP contribution in [-0.4, -0.2) is 55.6 Å². The molecule has 2 aromatic rings. The van der Waals surface area contributed by atoms with E-state index in [1.165, 1.54) is 0 Å². The summed E-state index contributed by atoms with van der Waals surface area (Å²) in [5.41, 5.74) is 1.10. The van der Waals surface area contributed by atoms with Gasteiger partial charge in [0.05, 0.1) is 24.9 Å². The molecule has 25 heavy (non-hydrogen) atoms. The number of nitrogens with one attached hydrogen (secondary N) is 1. The van der Waals surface area contributed by atoms with Gasteiger partial charge in [0.1, 0.15) is 11.6 Å². The van der Waals surface area contributed by atoms with Gasteiger partial charge in [-0.05, 0) is 31.3 Å². The second-order valence-electron chi connectivity index (χ2n) is 6.15. The average molecular weight is 340 g/mol. The third kappa shape index (κ3) is 5.19. The molecule has 1 aromatic carbocycles. The number of carbonyl (C=O) groups is 1. The van der Waals surface area contributed by atoms with E-state index in [2.05, 4.69) is 27.1 Å². The van der Waals surface area contributed by atoms with Crippen LogP contribution in [0.3, 0.4) is 0 Å². The van der Waals surface area contributed by atoms with Crippen molar-refractivity contribution >= 4 is 17.4 Å². The van der Waals surface area contributed by atoms with Gasteiger partial charge in [0.25, 0.3) is 0 Å². The molecule has 0 unspecified atom stereocenters. The molecule has 132 valence electrons. The molecule has 0 aliphatic carbocycles. The summed E-state index contributed by atoms with van der Waals surface area (Å²) in [5, 5.41) is 2.81. The summed E-state index contributed by atoms with van der Waals surface area (Å²) in [5.74, 6) is 1.24. The molecule has 0 bridgehead atoms. The van der Waals surface area contributed by atoms with Crippen molar-refractivity contribution in [2.45, 2.75) is 6.42 Å². The number of para-hydroxylation sites is 1. The molecule has 1 fully saturated rings. The van der Waals surface area contributed by atoms with Gasteiger partial charge < -0.3 is 19.9 Å². The molecule has 3 rings (SSSR count).